The molecule has 2 heterocycles. The van der Waals surface area contributed by atoms with Crippen molar-refractivity contribution in [1.82, 2.24) is 4.98 Å². The molecule has 3 aromatic carbocycles. The molecule has 0 spiro atoms. The number of nitrogens with zero attached hydrogens (tertiary/aromatic N) is 2. The maximum atomic E-state index is 13.8. The van der Waals surface area contributed by atoms with Crippen molar-refractivity contribution in [2.24, 2.45) is 0 Å². The third-order valence-corrected chi connectivity index (χ3v) is 7.02. The van der Waals surface area contributed by atoms with Crippen LogP contribution in [0.4, 0.5) is 9.52 Å². The smallest absolute Gasteiger partial charge is 0.337 e. The van der Waals surface area contributed by atoms with Crippen LogP contribution in [0.15, 0.2) is 72.3 Å². The Balaban J connectivity index is 1.69. The van der Waals surface area contributed by atoms with Crippen LogP contribution in [0.5, 0.6) is 5.75 Å². The van der Waals surface area contributed by atoms with Crippen molar-refractivity contribution >= 4 is 50.1 Å². The van der Waals surface area contributed by atoms with Crippen molar-refractivity contribution < 1.29 is 33.4 Å². The Morgan fingerprint density at radius 3 is 2.32 bits per heavy atom. The van der Waals surface area contributed by atoms with Crippen LogP contribution in [0.2, 0.25) is 0 Å². The van der Waals surface area contributed by atoms with Crippen molar-refractivity contribution in [3.8, 4) is 5.75 Å². The van der Waals surface area contributed by atoms with Crippen LogP contribution in [0.25, 0.3) is 16.0 Å². The fraction of sp³-hybridized carbons (Fsp3) is 0.111. The maximum Gasteiger partial charge on any atom is 0.337 e. The molecule has 10 heteroatoms. The lowest BCUT2D eigenvalue weighted by Crippen LogP contribution is -2.29. The number of benzene rings is 3. The number of halogens is 1. The second-order valence-electron chi connectivity index (χ2n) is 8.12. The number of thiazole rings is 1. The molecule has 5 rings (SSSR count). The zero-order valence-corrected chi connectivity index (χ0v) is 20.4. The Morgan fingerprint density at radius 1 is 1.00 bits per heavy atom. The van der Waals surface area contributed by atoms with Crippen LogP contribution in [0.1, 0.15) is 27.5 Å². The summed E-state index contributed by atoms with van der Waals surface area (Å²) in [6, 6.07) is 15.5. The van der Waals surface area contributed by atoms with Gasteiger partial charge in [0.2, 0.25) is 0 Å². The van der Waals surface area contributed by atoms with Crippen molar-refractivity contribution in [3.05, 3.63) is 94.8 Å². The summed E-state index contributed by atoms with van der Waals surface area (Å²) in [7, 11) is 2.76. The average molecular weight is 519 g/mol. The van der Waals surface area contributed by atoms with Crippen LogP contribution in [-0.4, -0.2) is 42.0 Å². The number of rotatable bonds is 5. The first-order valence-electron chi connectivity index (χ1n) is 11.0. The molecule has 0 radical (unpaired) electrons. The second kappa shape index (κ2) is 9.47. The van der Waals surface area contributed by atoms with Gasteiger partial charge in [0.15, 0.2) is 5.13 Å². The monoisotopic (exact) mass is 518 g/mol. The lowest BCUT2D eigenvalue weighted by atomic mass is 9.94. The molecule has 0 aliphatic carbocycles. The number of anilines is 1. The van der Waals surface area contributed by atoms with E-state index in [9.17, 15) is 23.9 Å². The number of esters is 1. The molecular formula is C27H19FN2O6S. The fourth-order valence-corrected chi connectivity index (χ4v) is 5.18. The summed E-state index contributed by atoms with van der Waals surface area (Å²) in [5.74, 6) is -2.63. The number of aromatic nitrogens is 1. The van der Waals surface area contributed by atoms with Crippen LogP contribution >= 0.6 is 11.3 Å². The third-order valence-electron chi connectivity index (χ3n) is 6.00. The molecule has 1 aliphatic rings. The van der Waals surface area contributed by atoms with E-state index >= 15 is 0 Å². The van der Waals surface area contributed by atoms with Gasteiger partial charge in [0, 0.05) is 5.56 Å². The average Bonchev–Trinajstić information content (AvgIpc) is 3.45. The highest BCUT2D eigenvalue weighted by Gasteiger charge is 2.48. The number of Topliss-reactive ketones (excluding diaryl/α,β-unsaturated/α-hetero) is 1. The fourth-order valence-electron chi connectivity index (χ4n) is 4.16. The largest absolute Gasteiger partial charge is 0.507 e. The molecule has 1 amide bonds. The van der Waals surface area contributed by atoms with Gasteiger partial charge in [-0.25, -0.2) is 14.2 Å². The number of carbonyl (C=O) groups is 3. The van der Waals surface area contributed by atoms with E-state index < -0.39 is 29.5 Å². The van der Waals surface area contributed by atoms with Crippen molar-refractivity contribution in [2.45, 2.75) is 6.04 Å². The molecular weight excluding hydrogens is 499 g/mol. The summed E-state index contributed by atoms with van der Waals surface area (Å²) in [4.78, 5) is 44.2. The van der Waals surface area contributed by atoms with Crippen LogP contribution < -0.4 is 9.64 Å². The van der Waals surface area contributed by atoms with Gasteiger partial charge in [0.05, 0.1) is 41.6 Å². The molecule has 186 valence electrons. The van der Waals surface area contributed by atoms with E-state index in [0.717, 1.165) is 11.3 Å². The van der Waals surface area contributed by atoms with Gasteiger partial charge in [-0.1, -0.05) is 23.5 Å². The van der Waals surface area contributed by atoms with Crippen molar-refractivity contribution in [2.75, 3.05) is 19.1 Å². The SMILES string of the molecule is COC(=O)c1ccc([C@H]2C(=C(O)c3ccc(OC)cc3)C(=O)C(=O)N2c2nc3ccc(F)cc3s2)cc1. The minimum absolute atomic E-state index is 0.147. The van der Waals surface area contributed by atoms with Gasteiger partial charge in [0.25, 0.3) is 5.78 Å². The Morgan fingerprint density at radius 2 is 1.68 bits per heavy atom. The summed E-state index contributed by atoms with van der Waals surface area (Å²) in [5.41, 5.74) is 1.34. The Kier molecular flexibility index (Phi) is 6.18. The van der Waals surface area contributed by atoms with E-state index in [0.29, 0.717) is 27.1 Å². The lowest BCUT2D eigenvalue weighted by molar-refractivity contribution is -0.132. The van der Waals surface area contributed by atoms with Gasteiger partial charge >= 0.3 is 11.9 Å². The summed E-state index contributed by atoms with van der Waals surface area (Å²) in [6.07, 6.45) is 0. The van der Waals surface area contributed by atoms with E-state index in [1.165, 1.54) is 49.5 Å². The van der Waals surface area contributed by atoms with Gasteiger partial charge < -0.3 is 14.6 Å². The number of carbonyl (C=O) groups excluding carboxylic acids is 3. The summed E-state index contributed by atoms with van der Waals surface area (Å²) in [6.45, 7) is 0. The van der Waals surface area contributed by atoms with E-state index in [4.69, 9.17) is 9.47 Å². The van der Waals surface area contributed by atoms with Gasteiger partial charge in [0.1, 0.15) is 17.3 Å². The first-order valence-corrected chi connectivity index (χ1v) is 11.8. The topological polar surface area (TPSA) is 106 Å². The van der Waals surface area contributed by atoms with E-state index in [1.807, 2.05) is 0 Å². The number of hydrogen-bond donors (Lipinski definition) is 1. The van der Waals surface area contributed by atoms with Crippen LogP contribution in [-0.2, 0) is 14.3 Å². The molecule has 8 nitrogen and oxygen atoms in total. The molecule has 1 aromatic heterocycles. The highest BCUT2D eigenvalue weighted by Crippen LogP contribution is 2.44. The predicted molar refractivity (Wildman–Crippen MR) is 135 cm³/mol. The number of ether oxygens (including phenoxy) is 2. The van der Waals surface area contributed by atoms with E-state index in [1.54, 1.807) is 36.4 Å². The molecule has 1 aliphatic heterocycles. The molecule has 4 aromatic rings. The normalized spacial score (nSPS) is 16.8. The molecule has 1 fully saturated rings. The molecule has 1 atom stereocenters. The number of aliphatic hydroxyl groups excluding tert-OH is 1. The molecule has 0 unspecified atom stereocenters. The minimum Gasteiger partial charge on any atom is -0.507 e. The molecule has 1 saturated heterocycles. The first kappa shape index (κ1) is 24.1. The number of methoxy groups -OCH3 is 2. The van der Waals surface area contributed by atoms with Crippen LogP contribution in [0.3, 0.4) is 0 Å². The third kappa shape index (κ3) is 4.21. The molecule has 37 heavy (non-hydrogen) atoms. The van der Waals surface area contributed by atoms with Gasteiger partial charge in [-0.2, -0.15) is 0 Å². The standard InChI is InChI=1S/C27H19FN2O6S/c1-35-18-10-7-15(8-11-18)23(31)21-22(14-3-5-16(6-4-14)26(34)36-2)30(25(33)24(21)32)27-29-19-12-9-17(28)13-20(19)37-27/h3-13,22,31H,1-2H3/t22-/m0/s1. The summed E-state index contributed by atoms with van der Waals surface area (Å²) >= 11 is 1.05. The Hall–Kier alpha value is -4.57. The minimum atomic E-state index is -1.06. The number of hydrogen-bond acceptors (Lipinski definition) is 8. The lowest BCUT2D eigenvalue weighted by Gasteiger charge is -2.23. The quantitative estimate of drug-likeness (QED) is 0.174. The van der Waals surface area contributed by atoms with E-state index in [-0.39, 0.29) is 22.0 Å². The molecule has 0 saturated carbocycles. The molecule has 1 N–H and O–H groups in total. The highest BCUT2D eigenvalue weighted by molar-refractivity contribution is 7.22. The molecule has 0 bridgehead atoms. The maximum absolute atomic E-state index is 13.8. The Labute approximate surface area is 214 Å². The predicted octanol–water partition coefficient (Wildman–Crippen LogP) is 4.86. The first-order chi connectivity index (χ1) is 17.8. The van der Waals surface area contributed by atoms with Crippen molar-refractivity contribution in [1.29, 1.82) is 0 Å². The van der Waals surface area contributed by atoms with Crippen LogP contribution in [0, 0.1) is 5.82 Å². The Bertz CT molecular complexity index is 1580. The number of aliphatic hydroxyl groups is 1. The number of amides is 1. The van der Waals surface area contributed by atoms with Gasteiger partial charge in [-0.3, -0.25) is 14.5 Å². The van der Waals surface area contributed by atoms with Gasteiger partial charge in [-0.05, 0) is 60.2 Å². The van der Waals surface area contributed by atoms with E-state index in [2.05, 4.69) is 4.98 Å². The van der Waals surface area contributed by atoms with Crippen molar-refractivity contribution in [3.63, 3.8) is 0 Å². The zero-order valence-electron chi connectivity index (χ0n) is 19.6. The number of ketones is 1. The zero-order chi connectivity index (χ0) is 26.3. The second-order valence-corrected chi connectivity index (χ2v) is 9.13. The summed E-state index contributed by atoms with van der Waals surface area (Å²) < 4.78 is 24.2. The summed E-state index contributed by atoms with van der Waals surface area (Å²) in [5, 5.41) is 11.4. The van der Waals surface area contributed by atoms with Gasteiger partial charge in [-0.15, -0.1) is 0 Å². The number of fused-ring (bicyclic) bond motifs is 1. The highest BCUT2D eigenvalue weighted by atomic mass is 32.1.